The molecule has 0 aliphatic heterocycles. The average Bonchev–Trinajstić information content (AvgIpc) is 3.20. The molecule has 0 saturated heterocycles. The van der Waals surface area contributed by atoms with Crippen LogP contribution in [0.4, 0.5) is 10.1 Å². The first-order valence-corrected chi connectivity index (χ1v) is 7.23. The molecule has 0 bridgehead atoms. The Hall–Kier alpha value is -2.70. The Morgan fingerprint density at radius 1 is 1.30 bits per heavy atom. The van der Waals surface area contributed by atoms with Crippen LogP contribution < -0.4 is 5.32 Å². The fourth-order valence-electron chi connectivity index (χ4n) is 2.62. The van der Waals surface area contributed by atoms with Crippen molar-refractivity contribution in [1.29, 1.82) is 0 Å². The number of nitrogens with one attached hydrogen (secondary N) is 1. The van der Waals surface area contributed by atoms with Crippen molar-refractivity contribution in [2.45, 2.75) is 20.3 Å². The molecule has 120 valence electrons. The Balaban J connectivity index is 1.76. The number of anilines is 1. The molecule has 1 fully saturated rings. The first-order valence-electron chi connectivity index (χ1n) is 7.23. The number of rotatable bonds is 4. The van der Waals surface area contributed by atoms with Gasteiger partial charge in [0.25, 0.3) is 0 Å². The highest BCUT2D eigenvalue weighted by molar-refractivity contribution is 5.98. The van der Waals surface area contributed by atoms with Gasteiger partial charge in [-0.25, -0.2) is 9.07 Å². The van der Waals surface area contributed by atoms with Gasteiger partial charge in [0.2, 0.25) is 5.91 Å². The normalized spacial score (nSPS) is 19.4. The Morgan fingerprint density at radius 3 is 2.57 bits per heavy atom. The second-order valence-corrected chi connectivity index (χ2v) is 5.78. The first-order chi connectivity index (χ1) is 10.9. The van der Waals surface area contributed by atoms with Gasteiger partial charge in [-0.15, -0.1) is 0 Å². The van der Waals surface area contributed by atoms with E-state index in [1.807, 2.05) is 19.9 Å². The van der Waals surface area contributed by atoms with Crippen LogP contribution >= 0.6 is 0 Å². The average molecular weight is 317 g/mol. The van der Waals surface area contributed by atoms with Gasteiger partial charge in [-0.05, 0) is 44.5 Å². The zero-order valence-electron chi connectivity index (χ0n) is 12.7. The minimum absolute atomic E-state index is 0.295. The number of halogens is 1. The van der Waals surface area contributed by atoms with E-state index in [0.717, 1.165) is 11.4 Å². The number of benzene rings is 1. The molecule has 1 aliphatic carbocycles. The predicted octanol–water partition coefficient (Wildman–Crippen LogP) is 2.29. The predicted molar refractivity (Wildman–Crippen MR) is 80.9 cm³/mol. The topological polar surface area (TPSA) is 84.2 Å². The molecular weight excluding hydrogens is 301 g/mol. The Morgan fingerprint density at radius 2 is 2.04 bits per heavy atom. The van der Waals surface area contributed by atoms with Crippen LogP contribution in [0.3, 0.4) is 0 Å². The fourth-order valence-corrected chi connectivity index (χ4v) is 2.62. The van der Waals surface area contributed by atoms with Crippen molar-refractivity contribution in [1.82, 2.24) is 9.78 Å². The summed E-state index contributed by atoms with van der Waals surface area (Å²) in [4.78, 5) is 22.7. The molecule has 1 saturated carbocycles. The minimum atomic E-state index is -0.976. The molecule has 7 heteroatoms. The van der Waals surface area contributed by atoms with E-state index in [4.69, 9.17) is 5.11 Å². The van der Waals surface area contributed by atoms with E-state index in [1.165, 1.54) is 16.8 Å². The van der Waals surface area contributed by atoms with Gasteiger partial charge >= 0.3 is 5.97 Å². The maximum Gasteiger partial charge on any atom is 0.307 e. The van der Waals surface area contributed by atoms with E-state index in [2.05, 4.69) is 10.4 Å². The van der Waals surface area contributed by atoms with Gasteiger partial charge < -0.3 is 10.4 Å². The number of hydrogen-bond acceptors (Lipinski definition) is 3. The van der Waals surface area contributed by atoms with E-state index in [-0.39, 0.29) is 0 Å². The first kappa shape index (κ1) is 15.2. The van der Waals surface area contributed by atoms with E-state index < -0.39 is 29.5 Å². The number of aromatic nitrogens is 2. The zero-order valence-corrected chi connectivity index (χ0v) is 12.7. The van der Waals surface area contributed by atoms with E-state index in [0.29, 0.717) is 17.8 Å². The lowest BCUT2D eigenvalue weighted by Crippen LogP contribution is -2.17. The number of carbonyl (C=O) groups is 2. The number of carbonyl (C=O) groups excluding carboxylic acids is 1. The van der Waals surface area contributed by atoms with Crippen LogP contribution in [0.1, 0.15) is 17.8 Å². The van der Waals surface area contributed by atoms with E-state index >= 15 is 0 Å². The van der Waals surface area contributed by atoms with Gasteiger partial charge in [0.05, 0.1) is 17.5 Å². The number of amides is 1. The van der Waals surface area contributed by atoms with Crippen LogP contribution in [0.25, 0.3) is 5.69 Å². The second kappa shape index (κ2) is 5.49. The SMILES string of the molecule is Cc1cc(C)n(-c2ccc(NC(=O)C3CC3C(=O)O)cc2F)n1. The number of aryl methyl sites for hydroxylation is 2. The molecule has 1 aromatic heterocycles. The van der Waals surface area contributed by atoms with Gasteiger partial charge in [0, 0.05) is 11.4 Å². The van der Waals surface area contributed by atoms with Crippen LogP contribution in [0.2, 0.25) is 0 Å². The largest absolute Gasteiger partial charge is 0.481 e. The summed E-state index contributed by atoms with van der Waals surface area (Å²) in [6.45, 7) is 3.65. The molecule has 2 atom stereocenters. The molecule has 3 rings (SSSR count). The van der Waals surface area contributed by atoms with Crippen LogP contribution in [0.5, 0.6) is 0 Å². The summed E-state index contributed by atoms with van der Waals surface area (Å²) in [5, 5.41) is 15.6. The number of nitrogens with zero attached hydrogens (tertiary/aromatic N) is 2. The Bertz CT molecular complexity index is 800. The van der Waals surface area contributed by atoms with Gasteiger partial charge in [0.1, 0.15) is 5.69 Å². The lowest BCUT2D eigenvalue weighted by atomic mass is 10.2. The Labute approximate surface area is 131 Å². The molecule has 6 nitrogen and oxygen atoms in total. The molecular formula is C16H16FN3O3. The highest BCUT2D eigenvalue weighted by Gasteiger charge is 2.48. The third kappa shape index (κ3) is 2.94. The highest BCUT2D eigenvalue weighted by Crippen LogP contribution is 2.39. The van der Waals surface area contributed by atoms with Crippen LogP contribution in [-0.4, -0.2) is 26.8 Å². The lowest BCUT2D eigenvalue weighted by molar-refractivity contribution is -0.139. The molecule has 2 unspecified atom stereocenters. The number of hydrogen-bond donors (Lipinski definition) is 2. The van der Waals surface area contributed by atoms with Crippen LogP contribution in [0, 0.1) is 31.5 Å². The van der Waals surface area contributed by atoms with Gasteiger partial charge in [-0.3, -0.25) is 9.59 Å². The molecule has 23 heavy (non-hydrogen) atoms. The van der Waals surface area contributed by atoms with Crippen molar-refractivity contribution in [3.8, 4) is 5.69 Å². The maximum atomic E-state index is 14.3. The molecule has 1 amide bonds. The van der Waals surface area contributed by atoms with Crippen molar-refractivity contribution in [3.05, 3.63) is 41.5 Å². The molecule has 0 radical (unpaired) electrons. The molecule has 1 aromatic carbocycles. The van der Waals surface area contributed by atoms with E-state index in [1.54, 1.807) is 6.07 Å². The van der Waals surface area contributed by atoms with E-state index in [9.17, 15) is 14.0 Å². The molecule has 0 spiro atoms. The summed E-state index contributed by atoms with van der Waals surface area (Å²) in [7, 11) is 0. The second-order valence-electron chi connectivity index (χ2n) is 5.78. The third-order valence-corrected chi connectivity index (χ3v) is 3.90. The molecule has 1 heterocycles. The van der Waals surface area contributed by atoms with Crippen LogP contribution in [0.15, 0.2) is 24.3 Å². The number of aliphatic carboxylic acids is 1. The smallest absolute Gasteiger partial charge is 0.307 e. The minimum Gasteiger partial charge on any atom is -0.481 e. The van der Waals surface area contributed by atoms with Crippen molar-refractivity contribution < 1.29 is 19.1 Å². The lowest BCUT2D eigenvalue weighted by Gasteiger charge is -2.09. The van der Waals surface area contributed by atoms with Crippen molar-refractivity contribution in [2.75, 3.05) is 5.32 Å². The van der Waals surface area contributed by atoms with Gasteiger partial charge in [-0.2, -0.15) is 5.10 Å². The van der Waals surface area contributed by atoms with Crippen molar-refractivity contribution in [2.24, 2.45) is 11.8 Å². The molecule has 2 aromatic rings. The highest BCUT2D eigenvalue weighted by atomic mass is 19.1. The van der Waals surface area contributed by atoms with Gasteiger partial charge in [-0.1, -0.05) is 0 Å². The summed E-state index contributed by atoms with van der Waals surface area (Å²) in [5.74, 6) is -3.05. The summed E-state index contributed by atoms with van der Waals surface area (Å²) in [5.41, 5.74) is 2.19. The summed E-state index contributed by atoms with van der Waals surface area (Å²) in [6.07, 6.45) is 0.327. The fraction of sp³-hybridized carbons (Fsp3) is 0.312. The van der Waals surface area contributed by atoms with Crippen molar-refractivity contribution >= 4 is 17.6 Å². The Kier molecular flexibility index (Phi) is 3.63. The zero-order chi connectivity index (χ0) is 16.7. The summed E-state index contributed by atoms with van der Waals surface area (Å²) < 4.78 is 15.8. The third-order valence-electron chi connectivity index (χ3n) is 3.90. The summed E-state index contributed by atoms with van der Waals surface area (Å²) in [6, 6.07) is 6.16. The maximum absolute atomic E-state index is 14.3. The summed E-state index contributed by atoms with van der Waals surface area (Å²) >= 11 is 0. The van der Waals surface area contributed by atoms with Crippen molar-refractivity contribution in [3.63, 3.8) is 0 Å². The van der Waals surface area contributed by atoms with Gasteiger partial charge in [0.15, 0.2) is 5.82 Å². The molecule has 2 N–H and O–H groups in total. The quantitative estimate of drug-likeness (QED) is 0.906. The monoisotopic (exact) mass is 317 g/mol. The number of carboxylic acid groups (broad SMARTS) is 1. The molecule has 1 aliphatic rings. The van der Waals surface area contributed by atoms with Crippen LogP contribution in [-0.2, 0) is 9.59 Å². The number of carboxylic acids is 1. The standard InChI is InChI=1S/C16H16FN3O3/c1-8-5-9(2)20(19-8)14-4-3-10(6-13(14)17)18-15(21)11-7-12(11)16(22)23/h3-6,11-12H,7H2,1-2H3,(H,18,21)(H,22,23).